The van der Waals surface area contributed by atoms with Crippen LogP contribution in [-0.4, -0.2) is 42.3 Å². The third-order valence-corrected chi connectivity index (χ3v) is 7.34. The van der Waals surface area contributed by atoms with Gasteiger partial charge in [-0.15, -0.1) is 0 Å². The number of carbonyl (C=O) groups is 3. The first-order valence-electron chi connectivity index (χ1n) is 11.9. The number of rotatable bonds is 8. The third-order valence-electron chi connectivity index (χ3n) is 5.94. The summed E-state index contributed by atoms with van der Waals surface area (Å²) < 4.78 is 17.6. The smallest absolute Gasteiger partial charge is 0.343 e. The number of halogens is 1. The first-order chi connectivity index (χ1) is 18.9. The van der Waals surface area contributed by atoms with E-state index in [9.17, 15) is 14.4 Å². The number of fused-ring (bicyclic) bond motifs is 1. The van der Waals surface area contributed by atoms with Crippen molar-refractivity contribution in [3.8, 4) is 17.2 Å². The van der Waals surface area contributed by atoms with Crippen LogP contribution in [0.25, 0.3) is 16.8 Å². The molecule has 39 heavy (non-hydrogen) atoms. The van der Waals surface area contributed by atoms with Gasteiger partial charge in [-0.2, -0.15) is 0 Å². The Morgan fingerprint density at radius 3 is 2.54 bits per heavy atom. The number of amides is 2. The van der Waals surface area contributed by atoms with Crippen LogP contribution in [0.5, 0.6) is 17.2 Å². The molecule has 9 heteroatoms. The summed E-state index contributed by atoms with van der Waals surface area (Å²) in [4.78, 5) is 39.6. The highest BCUT2D eigenvalue weighted by molar-refractivity contribution is 9.10. The molecule has 0 bridgehead atoms. The van der Waals surface area contributed by atoms with Crippen molar-refractivity contribution < 1.29 is 28.6 Å². The predicted octanol–water partition coefficient (Wildman–Crippen LogP) is 6.95. The first-order valence-corrected chi connectivity index (χ1v) is 13.6. The Balaban J connectivity index is 1.25. The second-order valence-corrected chi connectivity index (χ2v) is 10.4. The molecule has 0 aliphatic carbocycles. The molecule has 196 valence electrons. The molecule has 0 aromatic heterocycles. The fourth-order valence-electron chi connectivity index (χ4n) is 4.05. The summed E-state index contributed by atoms with van der Waals surface area (Å²) in [6.45, 7) is 0.296. The molecule has 0 unspecified atom stereocenters. The second-order valence-electron chi connectivity index (χ2n) is 8.47. The van der Waals surface area contributed by atoms with E-state index in [2.05, 4.69) is 15.9 Å². The fourth-order valence-corrected chi connectivity index (χ4v) is 5.31. The SMILES string of the molecule is COc1cc(/C=C2\SC(=O)N(CCOc3cccc4ccccc34)C2=O)ccc1OC(=O)c1cccc(Br)c1. The number of hydrogen-bond donors (Lipinski definition) is 0. The summed E-state index contributed by atoms with van der Waals surface area (Å²) >= 11 is 4.20. The van der Waals surface area contributed by atoms with Gasteiger partial charge in [0.25, 0.3) is 11.1 Å². The molecule has 4 aromatic rings. The van der Waals surface area contributed by atoms with Crippen LogP contribution in [0, 0.1) is 0 Å². The minimum Gasteiger partial charge on any atom is -0.493 e. The lowest BCUT2D eigenvalue weighted by Crippen LogP contribution is -2.32. The Morgan fingerprint density at radius 2 is 1.72 bits per heavy atom. The summed E-state index contributed by atoms with van der Waals surface area (Å²) in [5.41, 5.74) is 1.00. The van der Waals surface area contributed by atoms with E-state index in [4.69, 9.17) is 14.2 Å². The van der Waals surface area contributed by atoms with E-state index in [0.29, 0.717) is 22.6 Å². The lowest BCUT2D eigenvalue weighted by Gasteiger charge is -2.14. The highest BCUT2D eigenvalue weighted by Crippen LogP contribution is 2.35. The van der Waals surface area contributed by atoms with Gasteiger partial charge in [0.1, 0.15) is 12.4 Å². The summed E-state index contributed by atoms with van der Waals surface area (Å²) in [6, 6.07) is 25.4. The van der Waals surface area contributed by atoms with E-state index in [1.807, 2.05) is 48.5 Å². The van der Waals surface area contributed by atoms with E-state index >= 15 is 0 Å². The number of methoxy groups -OCH3 is 1. The van der Waals surface area contributed by atoms with Gasteiger partial charge in [-0.3, -0.25) is 14.5 Å². The molecule has 0 saturated carbocycles. The van der Waals surface area contributed by atoms with Crippen LogP contribution in [0.3, 0.4) is 0 Å². The minimum absolute atomic E-state index is 0.124. The van der Waals surface area contributed by atoms with Gasteiger partial charge in [0.2, 0.25) is 0 Å². The van der Waals surface area contributed by atoms with Gasteiger partial charge >= 0.3 is 5.97 Å². The average Bonchev–Trinajstić information content (AvgIpc) is 3.21. The molecular formula is C30H22BrNO6S. The number of imide groups is 1. The van der Waals surface area contributed by atoms with Crippen LogP contribution < -0.4 is 14.2 Å². The monoisotopic (exact) mass is 603 g/mol. The summed E-state index contributed by atoms with van der Waals surface area (Å²) in [7, 11) is 1.46. The largest absolute Gasteiger partial charge is 0.493 e. The van der Waals surface area contributed by atoms with Crippen molar-refractivity contribution in [2.45, 2.75) is 0 Å². The third kappa shape index (κ3) is 6.00. The lowest BCUT2D eigenvalue weighted by molar-refractivity contribution is -0.123. The Morgan fingerprint density at radius 1 is 0.923 bits per heavy atom. The van der Waals surface area contributed by atoms with Crippen LogP contribution in [0.1, 0.15) is 15.9 Å². The summed E-state index contributed by atoms with van der Waals surface area (Å²) in [6.07, 6.45) is 1.61. The zero-order chi connectivity index (χ0) is 27.4. The molecule has 0 radical (unpaired) electrons. The van der Waals surface area contributed by atoms with Crippen molar-refractivity contribution in [1.82, 2.24) is 4.90 Å². The number of carbonyl (C=O) groups excluding carboxylic acids is 3. The molecule has 0 N–H and O–H groups in total. The summed E-state index contributed by atoms with van der Waals surface area (Å²) in [5.74, 6) is 0.321. The Labute approximate surface area is 237 Å². The van der Waals surface area contributed by atoms with Crippen molar-refractivity contribution in [3.05, 3.63) is 105 Å². The van der Waals surface area contributed by atoms with Gasteiger partial charge in [-0.25, -0.2) is 4.79 Å². The maximum atomic E-state index is 13.0. The van der Waals surface area contributed by atoms with Gasteiger partial charge in [-0.05, 0) is 65.2 Å². The molecule has 4 aromatic carbocycles. The highest BCUT2D eigenvalue weighted by Gasteiger charge is 2.35. The molecule has 0 atom stereocenters. The van der Waals surface area contributed by atoms with Gasteiger partial charge in [-0.1, -0.05) is 64.5 Å². The molecule has 1 fully saturated rings. The number of thioether (sulfide) groups is 1. The molecule has 5 rings (SSSR count). The molecule has 1 aliphatic heterocycles. The Hall–Kier alpha value is -4.08. The zero-order valence-electron chi connectivity index (χ0n) is 20.8. The maximum absolute atomic E-state index is 13.0. The van der Waals surface area contributed by atoms with Gasteiger partial charge in [0.15, 0.2) is 11.5 Å². The minimum atomic E-state index is -0.533. The van der Waals surface area contributed by atoms with Gasteiger partial charge < -0.3 is 14.2 Å². The van der Waals surface area contributed by atoms with E-state index < -0.39 is 11.9 Å². The van der Waals surface area contributed by atoms with Crippen LogP contribution in [-0.2, 0) is 4.79 Å². The van der Waals surface area contributed by atoms with Gasteiger partial charge in [0.05, 0.1) is 24.1 Å². The number of esters is 1. The second kappa shape index (κ2) is 11.8. The molecular weight excluding hydrogens is 582 g/mol. The van der Waals surface area contributed by atoms with Crippen molar-refractivity contribution in [3.63, 3.8) is 0 Å². The highest BCUT2D eigenvalue weighted by atomic mass is 79.9. The Kier molecular flexibility index (Phi) is 7.99. The summed E-state index contributed by atoms with van der Waals surface area (Å²) in [5, 5.41) is 1.65. The van der Waals surface area contributed by atoms with Crippen molar-refractivity contribution in [2.24, 2.45) is 0 Å². The molecule has 1 heterocycles. The van der Waals surface area contributed by atoms with Crippen molar-refractivity contribution in [2.75, 3.05) is 20.3 Å². The number of benzene rings is 4. The van der Waals surface area contributed by atoms with Crippen LogP contribution in [0.2, 0.25) is 0 Å². The Bertz CT molecular complexity index is 1610. The normalized spacial score (nSPS) is 14.2. The maximum Gasteiger partial charge on any atom is 0.343 e. The van der Waals surface area contributed by atoms with E-state index in [-0.39, 0.29) is 29.0 Å². The number of hydrogen-bond acceptors (Lipinski definition) is 7. The quantitative estimate of drug-likeness (QED) is 0.122. The number of nitrogens with zero attached hydrogens (tertiary/aromatic N) is 1. The van der Waals surface area contributed by atoms with Crippen LogP contribution in [0.4, 0.5) is 4.79 Å². The molecule has 1 saturated heterocycles. The standard InChI is InChI=1S/C30H22BrNO6S/c1-36-26-16-19(12-13-25(26)38-29(34)21-8-4-9-22(31)18-21)17-27-28(33)32(30(35)39-27)14-15-37-24-11-5-7-20-6-2-3-10-23(20)24/h2-13,16-18H,14-15H2,1H3/b27-17-. The van der Waals surface area contributed by atoms with E-state index in [0.717, 1.165) is 27.0 Å². The van der Waals surface area contributed by atoms with Crippen molar-refractivity contribution >= 4 is 61.7 Å². The van der Waals surface area contributed by atoms with E-state index in [1.165, 1.54) is 12.0 Å². The molecule has 0 spiro atoms. The first kappa shape index (κ1) is 26.5. The lowest BCUT2D eigenvalue weighted by atomic mass is 10.1. The average molecular weight is 604 g/mol. The van der Waals surface area contributed by atoms with Gasteiger partial charge in [0, 0.05) is 9.86 Å². The van der Waals surface area contributed by atoms with E-state index in [1.54, 1.807) is 42.5 Å². The molecule has 7 nitrogen and oxygen atoms in total. The van der Waals surface area contributed by atoms with Crippen LogP contribution in [0.15, 0.2) is 94.3 Å². The zero-order valence-corrected chi connectivity index (χ0v) is 23.2. The van der Waals surface area contributed by atoms with Crippen molar-refractivity contribution in [1.29, 1.82) is 0 Å². The van der Waals surface area contributed by atoms with Crippen LogP contribution >= 0.6 is 27.7 Å². The predicted molar refractivity (Wildman–Crippen MR) is 154 cm³/mol. The fraction of sp³-hybridized carbons (Fsp3) is 0.100. The molecule has 2 amide bonds. The molecule has 1 aliphatic rings. The topological polar surface area (TPSA) is 82.1 Å². The number of ether oxygens (including phenoxy) is 3.